The summed E-state index contributed by atoms with van der Waals surface area (Å²) in [6.45, 7) is 7.92. The smallest absolute Gasteiger partial charge is 0.168 e. The van der Waals surface area contributed by atoms with E-state index in [-0.39, 0.29) is 11.2 Å². The predicted molar refractivity (Wildman–Crippen MR) is 74.9 cm³/mol. The van der Waals surface area contributed by atoms with Crippen LogP contribution in [0.3, 0.4) is 0 Å². The largest absolute Gasteiger partial charge is 0.294 e. The fraction of sp³-hybridized carbons (Fsp3) is 0.375. The van der Waals surface area contributed by atoms with Crippen LogP contribution in [-0.2, 0) is 6.42 Å². The second kappa shape index (κ2) is 4.52. The molecule has 0 amide bonds. The highest BCUT2D eigenvalue weighted by Crippen LogP contribution is 2.23. The van der Waals surface area contributed by atoms with Crippen LogP contribution in [-0.4, -0.2) is 10.8 Å². The number of carbonyl (C=O) groups excluding carboxylic acids is 1. The Balaban J connectivity index is 2.49. The number of Topliss-reactive ketones (excluding diaryl/α,β-unsaturated/α-hetero) is 1. The first-order valence-corrected chi connectivity index (χ1v) is 6.36. The van der Waals surface area contributed by atoms with Crippen molar-refractivity contribution in [2.45, 2.75) is 34.1 Å². The van der Waals surface area contributed by atoms with Gasteiger partial charge >= 0.3 is 0 Å². The summed E-state index contributed by atoms with van der Waals surface area (Å²) in [5.41, 5.74) is 2.46. The number of rotatable bonds is 2. The molecule has 0 bridgehead atoms. The van der Waals surface area contributed by atoms with Crippen molar-refractivity contribution in [3.63, 3.8) is 0 Å². The molecule has 2 aromatic rings. The highest BCUT2D eigenvalue weighted by atomic mass is 16.1. The van der Waals surface area contributed by atoms with E-state index in [1.165, 1.54) is 0 Å². The summed E-state index contributed by atoms with van der Waals surface area (Å²) in [5, 5.41) is 1.03. The number of nitrogens with zero attached hydrogens (tertiary/aromatic N) is 1. The molecule has 0 aliphatic heterocycles. The lowest BCUT2D eigenvalue weighted by atomic mass is 9.86. The van der Waals surface area contributed by atoms with Crippen LogP contribution in [0.15, 0.2) is 30.3 Å². The maximum Gasteiger partial charge on any atom is 0.168 e. The zero-order valence-corrected chi connectivity index (χ0v) is 11.4. The molecule has 2 heteroatoms. The van der Waals surface area contributed by atoms with Crippen LogP contribution in [0.1, 0.15) is 43.7 Å². The molecule has 0 saturated carbocycles. The quantitative estimate of drug-likeness (QED) is 0.743. The highest BCUT2D eigenvalue weighted by molar-refractivity contribution is 6.02. The third-order valence-corrected chi connectivity index (χ3v) is 3.05. The van der Waals surface area contributed by atoms with Gasteiger partial charge in [0.15, 0.2) is 5.78 Å². The minimum Gasteiger partial charge on any atom is -0.294 e. The van der Waals surface area contributed by atoms with Gasteiger partial charge in [0.1, 0.15) is 0 Å². The lowest BCUT2D eigenvalue weighted by molar-refractivity contribution is 0.0858. The van der Waals surface area contributed by atoms with E-state index in [9.17, 15) is 4.79 Å². The van der Waals surface area contributed by atoms with Crippen molar-refractivity contribution < 1.29 is 4.79 Å². The number of benzene rings is 1. The molecule has 2 nitrogen and oxygen atoms in total. The van der Waals surface area contributed by atoms with Gasteiger partial charge in [0, 0.05) is 22.1 Å². The van der Waals surface area contributed by atoms with Crippen LogP contribution in [0.5, 0.6) is 0 Å². The number of hydrogen-bond acceptors (Lipinski definition) is 2. The Labute approximate surface area is 108 Å². The van der Waals surface area contributed by atoms with Gasteiger partial charge < -0.3 is 0 Å². The Morgan fingerprint density at radius 2 is 1.89 bits per heavy atom. The van der Waals surface area contributed by atoms with Crippen LogP contribution in [0.25, 0.3) is 10.9 Å². The van der Waals surface area contributed by atoms with Gasteiger partial charge in [0.2, 0.25) is 0 Å². The van der Waals surface area contributed by atoms with Crippen LogP contribution in [0.4, 0.5) is 0 Å². The molecule has 0 aliphatic carbocycles. The number of ketones is 1. The van der Waals surface area contributed by atoms with E-state index in [2.05, 4.69) is 11.9 Å². The molecular formula is C16H19NO. The van der Waals surface area contributed by atoms with Gasteiger partial charge in [-0.15, -0.1) is 0 Å². The number of aromatic nitrogens is 1. The number of pyridine rings is 1. The van der Waals surface area contributed by atoms with E-state index in [0.717, 1.165) is 28.6 Å². The van der Waals surface area contributed by atoms with Crippen LogP contribution < -0.4 is 0 Å². The molecule has 1 aromatic carbocycles. The predicted octanol–water partition coefficient (Wildman–Crippen LogP) is 4.03. The molecular weight excluding hydrogens is 222 g/mol. The fourth-order valence-electron chi connectivity index (χ4n) is 1.94. The van der Waals surface area contributed by atoms with Crippen molar-refractivity contribution in [3.05, 3.63) is 41.6 Å². The van der Waals surface area contributed by atoms with Crippen molar-refractivity contribution in [2.75, 3.05) is 0 Å². The Kier molecular flexibility index (Phi) is 3.20. The Morgan fingerprint density at radius 1 is 1.17 bits per heavy atom. The van der Waals surface area contributed by atoms with Crippen molar-refractivity contribution in [3.8, 4) is 0 Å². The number of carbonyl (C=O) groups is 1. The molecule has 1 aromatic heterocycles. The second-order valence-electron chi connectivity index (χ2n) is 5.64. The third-order valence-electron chi connectivity index (χ3n) is 3.05. The summed E-state index contributed by atoms with van der Waals surface area (Å²) in [4.78, 5) is 16.8. The maximum absolute atomic E-state index is 12.2. The van der Waals surface area contributed by atoms with Crippen molar-refractivity contribution in [1.82, 2.24) is 4.98 Å². The van der Waals surface area contributed by atoms with Crippen LogP contribution in [0, 0.1) is 5.41 Å². The summed E-state index contributed by atoms with van der Waals surface area (Å²) in [6.07, 6.45) is 0.929. The fourth-order valence-corrected chi connectivity index (χ4v) is 1.94. The Morgan fingerprint density at radius 3 is 2.50 bits per heavy atom. The Bertz CT molecular complexity index is 594. The number of aryl methyl sites for hydroxylation is 1. The monoisotopic (exact) mass is 241 g/mol. The van der Waals surface area contributed by atoms with E-state index in [1.807, 2.05) is 51.1 Å². The minimum absolute atomic E-state index is 0.170. The standard InChI is InChI=1S/C16H19NO/c1-5-13-8-6-11-10-12(7-9-14(11)17-13)15(18)16(2,3)4/h6-10H,5H2,1-4H3. The molecule has 0 N–H and O–H groups in total. The number of fused-ring (bicyclic) bond motifs is 1. The third kappa shape index (κ3) is 2.42. The highest BCUT2D eigenvalue weighted by Gasteiger charge is 2.22. The molecule has 1 heterocycles. The van der Waals surface area contributed by atoms with Gasteiger partial charge in [-0.1, -0.05) is 33.8 Å². The first kappa shape index (κ1) is 12.7. The van der Waals surface area contributed by atoms with Crippen molar-refractivity contribution in [2.24, 2.45) is 5.41 Å². The van der Waals surface area contributed by atoms with Gasteiger partial charge in [-0.25, -0.2) is 0 Å². The van der Waals surface area contributed by atoms with E-state index < -0.39 is 0 Å². The van der Waals surface area contributed by atoms with E-state index in [1.54, 1.807) is 0 Å². The lowest BCUT2D eigenvalue weighted by Gasteiger charge is -2.16. The maximum atomic E-state index is 12.2. The van der Waals surface area contributed by atoms with Crippen LogP contribution in [0.2, 0.25) is 0 Å². The van der Waals surface area contributed by atoms with Crippen molar-refractivity contribution >= 4 is 16.7 Å². The molecule has 0 saturated heterocycles. The molecule has 0 unspecified atom stereocenters. The summed E-state index contributed by atoms with van der Waals surface area (Å²) in [6, 6.07) is 9.82. The molecule has 0 radical (unpaired) electrons. The molecule has 94 valence electrons. The second-order valence-corrected chi connectivity index (χ2v) is 5.64. The van der Waals surface area contributed by atoms with E-state index in [4.69, 9.17) is 0 Å². The van der Waals surface area contributed by atoms with Gasteiger partial charge in [-0.05, 0) is 30.7 Å². The summed E-state index contributed by atoms with van der Waals surface area (Å²) < 4.78 is 0. The molecule has 2 rings (SSSR count). The Hall–Kier alpha value is -1.70. The lowest BCUT2D eigenvalue weighted by Crippen LogP contribution is -2.20. The normalized spacial score (nSPS) is 11.8. The first-order chi connectivity index (χ1) is 8.41. The van der Waals surface area contributed by atoms with E-state index in [0.29, 0.717) is 0 Å². The van der Waals surface area contributed by atoms with Crippen LogP contribution >= 0.6 is 0 Å². The average Bonchev–Trinajstić information content (AvgIpc) is 2.35. The van der Waals surface area contributed by atoms with Gasteiger partial charge in [0.25, 0.3) is 0 Å². The summed E-state index contributed by atoms with van der Waals surface area (Å²) in [5.74, 6) is 0.170. The minimum atomic E-state index is -0.343. The molecule has 18 heavy (non-hydrogen) atoms. The van der Waals surface area contributed by atoms with Gasteiger partial charge in [-0.3, -0.25) is 9.78 Å². The molecule has 0 fully saturated rings. The van der Waals surface area contributed by atoms with Gasteiger partial charge in [0.05, 0.1) is 5.52 Å². The van der Waals surface area contributed by atoms with E-state index >= 15 is 0 Å². The SMILES string of the molecule is CCc1ccc2cc(C(=O)C(C)(C)C)ccc2n1. The number of hydrogen-bond donors (Lipinski definition) is 0. The zero-order chi connectivity index (χ0) is 13.3. The summed E-state index contributed by atoms with van der Waals surface area (Å²) in [7, 11) is 0. The first-order valence-electron chi connectivity index (χ1n) is 6.36. The molecule has 0 aliphatic rings. The average molecular weight is 241 g/mol. The van der Waals surface area contributed by atoms with Gasteiger partial charge in [-0.2, -0.15) is 0 Å². The van der Waals surface area contributed by atoms with Crippen molar-refractivity contribution in [1.29, 1.82) is 0 Å². The summed E-state index contributed by atoms with van der Waals surface area (Å²) >= 11 is 0. The zero-order valence-electron chi connectivity index (χ0n) is 11.4. The topological polar surface area (TPSA) is 30.0 Å². The molecule has 0 atom stereocenters. The molecule has 0 spiro atoms.